The lowest BCUT2D eigenvalue weighted by atomic mass is 10.1. The second kappa shape index (κ2) is 7.72. The molecule has 1 fully saturated rings. The first-order valence-electron chi connectivity index (χ1n) is 7.89. The van der Waals surface area contributed by atoms with Crippen molar-refractivity contribution in [2.24, 2.45) is 0 Å². The standard InChI is InChI=1S/C17H27N3O2/c1-14(13-21)19(3)17(22)16-6-4-5-15(11-16)12-20-9-7-18(2)8-10-20/h4-6,11,14,21H,7-10,12-13H2,1-3H3. The molecule has 5 heteroatoms. The molecule has 1 aliphatic rings. The number of hydrogen-bond donors (Lipinski definition) is 1. The molecule has 1 N–H and O–H groups in total. The predicted molar refractivity (Wildman–Crippen MR) is 87.9 cm³/mol. The number of carbonyl (C=O) groups is 1. The second-order valence-electron chi connectivity index (χ2n) is 6.23. The fourth-order valence-electron chi connectivity index (χ4n) is 2.59. The van der Waals surface area contributed by atoms with Crippen LogP contribution in [0, 0.1) is 0 Å². The molecule has 1 aromatic rings. The summed E-state index contributed by atoms with van der Waals surface area (Å²) in [6.07, 6.45) is 0. The van der Waals surface area contributed by atoms with Crippen LogP contribution >= 0.6 is 0 Å². The van der Waals surface area contributed by atoms with Gasteiger partial charge in [-0.25, -0.2) is 0 Å². The van der Waals surface area contributed by atoms with Crippen LogP contribution in [0.4, 0.5) is 0 Å². The molecule has 1 unspecified atom stereocenters. The Morgan fingerprint density at radius 3 is 2.64 bits per heavy atom. The van der Waals surface area contributed by atoms with E-state index in [0.29, 0.717) is 5.56 Å². The Balaban J connectivity index is 2.02. The molecular formula is C17H27N3O2. The van der Waals surface area contributed by atoms with Crippen LogP contribution in [-0.4, -0.2) is 78.6 Å². The maximum Gasteiger partial charge on any atom is 0.253 e. The monoisotopic (exact) mass is 305 g/mol. The van der Waals surface area contributed by atoms with Crippen LogP contribution in [0.15, 0.2) is 24.3 Å². The Labute approximate surface area is 133 Å². The lowest BCUT2D eigenvalue weighted by Crippen LogP contribution is -2.43. The molecule has 0 aliphatic carbocycles. The third-order valence-corrected chi connectivity index (χ3v) is 4.42. The van der Waals surface area contributed by atoms with Crippen molar-refractivity contribution >= 4 is 5.91 Å². The summed E-state index contributed by atoms with van der Waals surface area (Å²) in [6.45, 7) is 7.01. The number of carbonyl (C=O) groups excluding carboxylic acids is 1. The molecule has 1 heterocycles. The number of aliphatic hydroxyl groups excluding tert-OH is 1. The van der Waals surface area contributed by atoms with Crippen LogP contribution in [0.1, 0.15) is 22.8 Å². The summed E-state index contributed by atoms with van der Waals surface area (Å²) in [4.78, 5) is 18.8. The normalized spacial score (nSPS) is 18.2. The third kappa shape index (κ3) is 4.29. The smallest absolute Gasteiger partial charge is 0.253 e. The molecule has 1 amide bonds. The van der Waals surface area contributed by atoms with E-state index in [1.165, 1.54) is 5.56 Å². The minimum Gasteiger partial charge on any atom is -0.394 e. The zero-order chi connectivity index (χ0) is 16.1. The van der Waals surface area contributed by atoms with Crippen molar-refractivity contribution in [2.75, 3.05) is 46.9 Å². The quantitative estimate of drug-likeness (QED) is 0.877. The third-order valence-electron chi connectivity index (χ3n) is 4.42. The molecule has 5 nitrogen and oxygen atoms in total. The lowest BCUT2D eigenvalue weighted by Gasteiger charge is -2.32. The molecule has 0 bridgehead atoms. The van der Waals surface area contributed by atoms with E-state index in [9.17, 15) is 9.90 Å². The lowest BCUT2D eigenvalue weighted by molar-refractivity contribution is 0.0682. The summed E-state index contributed by atoms with van der Waals surface area (Å²) in [5.74, 6) is -0.0400. The highest BCUT2D eigenvalue weighted by Gasteiger charge is 2.18. The number of hydrogen-bond acceptors (Lipinski definition) is 4. The van der Waals surface area contributed by atoms with E-state index in [0.717, 1.165) is 32.7 Å². The molecule has 0 radical (unpaired) electrons. The Kier molecular flexibility index (Phi) is 5.94. The van der Waals surface area contributed by atoms with E-state index in [1.807, 2.05) is 25.1 Å². The molecule has 0 aromatic heterocycles. The van der Waals surface area contributed by atoms with Crippen LogP contribution in [0.25, 0.3) is 0 Å². The van der Waals surface area contributed by atoms with Crippen LogP contribution in [0.5, 0.6) is 0 Å². The van der Waals surface area contributed by atoms with E-state index in [4.69, 9.17) is 0 Å². The van der Waals surface area contributed by atoms with Gasteiger partial charge in [0.05, 0.1) is 12.6 Å². The summed E-state index contributed by atoms with van der Waals surface area (Å²) < 4.78 is 0. The van der Waals surface area contributed by atoms with E-state index in [-0.39, 0.29) is 18.6 Å². The average Bonchev–Trinajstić information content (AvgIpc) is 2.55. The molecule has 0 spiro atoms. The number of aliphatic hydroxyl groups is 1. The van der Waals surface area contributed by atoms with Crippen molar-refractivity contribution in [1.29, 1.82) is 0 Å². The number of benzene rings is 1. The van der Waals surface area contributed by atoms with Crippen molar-refractivity contribution < 1.29 is 9.90 Å². The van der Waals surface area contributed by atoms with Gasteiger partial charge in [-0.1, -0.05) is 12.1 Å². The first kappa shape index (κ1) is 16.9. The van der Waals surface area contributed by atoms with Gasteiger partial charge in [0.25, 0.3) is 5.91 Å². The zero-order valence-corrected chi connectivity index (χ0v) is 13.8. The number of piperazine rings is 1. The van der Waals surface area contributed by atoms with E-state index in [2.05, 4.69) is 22.9 Å². The van der Waals surface area contributed by atoms with Crippen molar-refractivity contribution in [3.8, 4) is 0 Å². The predicted octanol–water partition coefficient (Wildman–Crippen LogP) is 0.887. The SMILES string of the molecule is CC(CO)N(C)C(=O)c1cccc(CN2CCN(C)CC2)c1. The van der Waals surface area contributed by atoms with Gasteiger partial charge in [-0.3, -0.25) is 9.69 Å². The van der Waals surface area contributed by atoms with Crippen molar-refractivity contribution in [2.45, 2.75) is 19.5 Å². The zero-order valence-electron chi connectivity index (χ0n) is 13.8. The van der Waals surface area contributed by atoms with Gasteiger partial charge in [-0.05, 0) is 31.7 Å². The number of amides is 1. The Bertz CT molecular complexity index is 498. The van der Waals surface area contributed by atoms with Gasteiger partial charge in [0.2, 0.25) is 0 Å². The molecular weight excluding hydrogens is 278 g/mol. The Morgan fingerprint density at radius 1 is 1.32 bits per heavy atom. The fraction of sp³-hybridized carbons (Fsp3) is 0.588. The Hall–Kier alpha value is -1.43. The van der Waals surface area contributed by atoms with Gasteiger partial charge in [0.15, 0.2) is 0 Å². The summed E-state index contributed by atoms with van der Waals surface area (Å²) >= 11 is 0. The average molecular weight is 305 g/mol. The molecule has 22 heavy (non-hydrogen) atoms. The highest BCUT2D eigenvalue weighted by Crippen LogP contribution is 2.13. The maximum absolute atomic E-state index is 12.4. The largest absolute Gasteiger partial charge is 0.394 e. The highest BCUT2D eigenvalue weighted by atomic mass is 16.3. The highest BCUT2D eigenvalue weighted by molar-refractivity contribution is 5.94. The van der Waals surface area contributed by atoms with Crippen molar-refractivity contribution in [1.82, 2.24) is 14.7 Å². The van der Waals surface area contributed by atoms with Crippen molar-refractivity contribution in [3.63, 3.8) is 0 Å². The van der Waals surface area contributed by atoms with Gasteiger partial charge in [-0.15, -0.1) is 0 Å². The molecule has 122 valence electrons. The first-order chi connectivity index (χ1) is 10.5. The van der Waals surface area contributed by atoms with Crippen LogP contribution < -0.4 is 0 Å². The summed E-state index contributed by atoms with van der Waals surface area (Å²) in [5, 5.41) is 9.19. The summed E-state index contributed by atoms with van der Waals surface area (Å²) in [5.41, 5.74) is 1.86. The van der Waals surface area contributed by atoms with E-state index in [1.54, 1.807) is 11.9 Å². The van der Waals surface area contributed by atoms with Gasteiger partial charge >= 0.3 is 0 Å². The van der Waals surface area contributed by atoms with Gasteiger partial charge in [-0.2, -0.15) is 0 Å². The molecule has 1 aliphatic heterocycles. The molecule has 1 saturated heterocycles. The number of nitrogens with zero attached hydrogens (tertiary/aromatic N) is 3. The molecule has 1 atom stereocenters. The van der Waals surface area contributed by atoms with Gasteiger partial charge in [0, 0.05) is 45.3 Å². The van der Waals surface area contributed by atoms with Crippen LogP contribution in [-0.2, 0) is 6.54 Å². The second-order valence-corrected chi connectivity index (χ2v) is 6.23. The minimum absolute atomic E-state index is 0.0246. The van der Waals surface area contributed by atoms with Crippen molar-refractivity contribution in [3.05, 3.63) is 35.4 Å². The van der Waals surface area contributed by atoms with E-state index < -0.39 is 0 Å². The molecule has 1 aromatic carbocycles. The van der Waals surface area contributed by atoms with Crippen LogP contribution in [0.2, 0.25) is 0 Å². The number of likely N-dealkylation sites (N-methyl/N-ethyl adjacent to an activating group) is 2. The first-order valence-corrected chi connectivity index (χ1v) is 7.89. The van der Waals surface area contributed by atoms with Gasteiger partial charge in [0.1, 0.15) is 0 Å². The number of rotatable bonds is 5. The molecule has 0 saturated carbocycles. The topological polar surface area (TPSA) is 47.0 Å². The fourth-order valence-corrected chi connectivity index (χ4v) is 2.59. The molecule has 2 rings (SSSR count). The Morgan fingerprint density at radius 2 is 2.00 bits per heavy atom. The van der Waals surface area contributed by atoms with Crippen LogP contribution in [0.3, 0.4) is 0 Å². The summed E-state index contributed by atoms with van der Waals surface area (Å²) in [7, 11) is 3.88. The minimum atomic E-state index is -0.172. The maximum atomic E-state index is 12.4. The van der Waals surface area contributed by atoms with E-state index >= 15 is 0 Å². The van der Waals surface area contributed by atoms with Gasteiger partial charge < -0.3 is 14.9 Å². The summed E-state index contributed by atoms with van der Waals surface area (Å²) in [6, 6.07) is 7.66.